The van der Waals surface area contributed by atoms with Crippen LogP contribution >= 0.6 is 0 Å². The van der Waals surface area contributed by atoms with Crippen LogP contribution in [0.5, 0.6) is 28.9 Å². The largest absolute Gasteiger partial charge is 0.497 e. The number of methoxy groups -OCH3 is 5. The Balaban J connectivity index is 1.94. The van der Waals surface area contributed by atoms with Gasteiger partial charge in [-0.15, -0.1) is 0 Å². The van der Waals surface area contributed by atoms with E-state index in [-0.39, 0.29) is 11.5 Å². The monoisotopic (exact) mass is 449 g/mol. The number of fused-ring (bicyclic) bond motifs is 1. The number of hydrogen-bond acceptors (Lipinski definition) is 8. The molecule has 0 saturated heterocycles. The van der Waals surface area contributed by atoms with Crippen LogP contribution in [0.25, 0.3) is 22.4 Å². The smallest absolute Gasteiger partial charge is 0.230 e. The van der Waals surface area contributed by atoms with Crippen molar-refractivity contribution in [3.05, 3.63) is 59.7 Å². The number of benzene rings is 2. The van der Waals surface area contributed by atoms with Crippen molar-refractivity contribution in [1.82, 2.24) is 4.98 Å². The van der Waals surface area contributed by atoms with Gasteiger partial charge in [-0.1, -0.05) is 0 Å². The van der Waals surface area contributed by atoms with E-state index in [1.54, 1.807) is 43.5 Å². The average Bonchev–Trinajstić information content (AvgIpc) is 3.25. The molecule has 8 heteroatoms. The maximum atomic E-state index is 13.8. The lowest BCUT2D eigenvalue weighted by atomic mass is 9.97. The predicted molar refractivity (Wildman–Crippen MR) is 122 cm³/mol. The highest BCUT2D eigenvalue weighted by Gasteiger charge is 2.26. The number of carbonyl (C=O) groups is 1. The number of nitrogens with zero attached hydrogens (tertiary/aromatic N) is 1. The van der Waals surface area contributed by atoms with Gasteiger partial charge in [0.15, 0.2) is 17.3 Å². The minimum absolute atomic E-state index is 0.286. The van der Waals surface area contributed by atoms with Crippen molar-refractivity contribution >= 4 is 16.9 Å². The number of hydrogen-bond donors (Lipinski definition) is 0. The van der Waals surface area contributed by atoms with Gasteiger partial charge in [0.25, 0.3) is 0 Å². The van der Waals surface area contributed by atoms with Gasteiger partial charge in [0, 0.05) is 17.2 Å². The zero-order valence-electron chi connectivity index (χ0n) is 18.9. The van der Waals surface area contributed by atoms with Crippen LogP contribution in [0.15, 0.2) is 52.9 Å². The fraction of sp³-hybridized carbons (Fsp3) is 0.200. The molecule has 0 atom stereocenters. The van der Waals surface area contributed by atoms with Gasteiger partial charge in [-0.05, 0) is 42.5 Å². The third-order valence-electron chi connectivity index (χ3n) is 5.25. The summed E-state index contributed by atoms with van der Waals surface area (Å²) >= 11 is 0. The summed E-state index contributed by atoms with van der Waals surface area (Å²) in [4.78, 5) is 18.2. The van der Waals surface area contributed by atoms with E-state index in [0.29, 0.717) is 56.7 Å². The maximum absolute atomic E-state index is 13.8. The van der Waals surface area contributed by atoms with Crippen LogP contribution in [0.4, 0.5) is 0 Å². The standard InChI is InChI=1S/C25H23NO7/c1-28-16-8-6-14(7-9-16)23-21(17-10-11-20(31-4)26-25(17)33-23)22(27)15-12-18(29-2)24(32-5)19(13-15)30-3/h6-13H,1-5H3. The Morgan fingerprint density at radius 3 is 2.00 bits per heavy atom. The minimum atomic E-state index is -0.286. The third-order valence-corrected chi connectivity index (χ3v) is 5.25. The molecule has 0 radical (unpaired) electrons. The molecule has 4 rings (SSSR count). The molecule has 170 valence electrons. The number of rotatable bonds is 8. The van der Waals surface area contributed by atoms with Crippen LogP contribution in [0.3, 0.4) is 0 Å². The van der Waals surface area contributed by atoms with Gasteiger partial charge >= 0.3 is 0 Å². The molecule has 0 unspecified atom stereocenters. The lowest BCUT2D eigenvalue weighted by Crippen LogP contribution is -2.05. The highest BCUT2D eigenvalue weighted by molar-refractivity contribution is 6.19. The van der Waals surface area contributed by atoms with Gasteiger partial charge < -0.3 is 28.1 Å². The topological polar surface area (TPSA) is 89.3 Å². The molecular weight excluding hydrogens is 426 g/mol. The molecule has 0 fully saturated rings. The number of ether oxygens (including phenoxy) is 5. The second-order valence-corrected chi connectivity index (χ2v) is 6.98. The fourth-order valence-corrected chi connectivity index (χ4v) is 3.60. The van der Waals surface area contributed by atoms with Crippen LogP contribution in [-0.4, -0.2) is 46.3 Å². The van der Waals surface area contributed by atoms with E-state index in [0.717, 1.165) is 0 Å². The summed E-state index contributed by atoms with van der Waals surface area (Å²) in [6.07, 6.45) is 0. The van der Waals surface area contributed by atoms with Crippen molar-refractivity contribution in [2.45, 2.75) is 0 Å². The lowest BCUT2D eigenvalue weighted by molar-refractivity contribution is 0.103. The molecular formula is C25H23NO7. The van der Waals surface area contributed by atoms with Crippen molar-refractivity contribution in [1.29, 1.82) is 0 Å². The quantitative estimate of drug-likeness (QED) is 0.356. The summed E-state index contributed by atoms with van der Waals surface area (Å²) in [5.41, 5.74) is 1.69. The minimum Gasteiger partial charge on any atom is -0.497 e. The Morgan fingerprint density at radius 2 is 1.45 bits per heavy atom. The summed E-state index contributed by atoms with van der Waals surface area (Å²) in [5, 5.41) is 0.556. The van der Waals surface area contributed by atoms with E-state index in [2.05, 4.69) is 4.98 Å². The van der Waals surface area contributed by atoms with E-state index in [1.807, 2.05) is 12.1 Å². The first-order chi connectivity index (χ1) is 16.0. The Kier molecular flexibility index (Phi) is 6.08. The molecule has 0 bridgehead atoms. The molecule has 0 aliphatic carbocycles. The van der Waals surface area contributed by atoms with Crippen molar-refractivity contribution in [3.8, 4) is 40.2 Å². The summed E-state index contributed by atoms with van der Waals surface area (Å²) < 4.78 is 32.8. The highest BCUT2D eigenvalue weighted by Crippen LogP contribution is 2.41. The summed E-state index contributed by atoms with van der Waals surface area (Å²) in [5.74, 6) is 2.31. The van der Waals surface area contributed by atoms with Gasteiger partial charge in [0.05, 0.1) is 46.5 Å². The van der Waals surface area contributed by atoms with Gasteiger partial charge in [-0.3, -0.25) is 4.79 Å². The maximum Gasteiger partial charge on any atom is 0.230 e. The van der Waals surface area contributed by atoms with E-state index >= 15 is 0 Å². The van der Waals surface area contributed by atoms with Gasteiger partial charge in [0.2, 0.25) is 17.3 Å². The van der Waals surface area contributed by atoms with Crippen LogP contribution < -0.4 is 23.7 Å². The zero-order valence-corrected chi connectivity index (χ0v) is 18.9. The number of furan rings is 1. The second kappa shape index (κ2) is 9.12. The summed E-state index contributed by atoms with van der Waals surface area (Å²) in [7, 11) is 7.61. The number of pyridine rings is 1. The normalized spacial score (nSPS) is 10.7. The molecule has 0 N–H and O–H groups in total. The highest BCUT2D eigenvalue weighted by atomic mass is 16.5. The van der Waals surface area contributed by atoms with Crippen molar-refractivity contribution < 1.29 is 32.9 Å². The Hall–Kier alpha value is -4.20. The Labute approximate surface area is 190 Å². The van der Waals surface area contributed by atoms with Crippen molar-refractivity contribution in [2.24, 2.45) is 0 Å². The molecule has 0 spiro atoms. The second-order valence-electron chi connectivity index (χ2n) is 6.98. The van der Waals surface area contributed by atoms with E-state index in [4.69, 9.17) is 28.1 Å². The summed E-state index contributed by atoms with van der Waals surface area (Å²) in [6.45, 7) is 0. The molecule has 0 aliphatic heterocycles. The van der Waals surface area contributed by atoms with Gasteiger partial charge in [0.1, 0.15) is 11.5 Å². The first-order valence-corrected chi connectivity index (χ1v) is 10.0. The van der Waals surface area contributed by atoms with E-state index in [9.17, 15) is 4.79 Å². The molecule has 8 nitrogen and oxygen atoms in total. The third kappa shape index (κ3) is 3.91. The number of carbonyl (C=O) groups excluding carboxylic acids is 1. The zero-order chi connectivity index (χ0) is 23.5. The Morgan fingerprint density at radius 1 is 0.788 bits per heavy atom. The SMILES string of the molecule is COc1ccc(-c2oc3nc(OC)ccc3c2C(=O)c2cc(OC)c(OC)c(OC)c2)cc1. The fourth-order valence-electron chi connectivity index (χ4n) is 3.60. The molecule has 0 saturated carbocycles. The molecule has 2 heterocycles. The molecule has 2 aromatic heterocycles. The lowest BCUT2D eigenvalue weighted by Gasteiger charge is -2.14. The molecule has 2 aromatic carbocycles. The first-order valence-electron chi connectivity index (χ1n) is 10.0. The van der Waals surface area contributed by atoms with E-state index < -0.39 is 0 Å². The van der Waals surface area contributed by atoms with E-state index in [1.165, 1.54) is 28.4 Å². The van der Waals surface area contributed by atoms with Crippen molar-refractivity contribution in [2.75, 3.05) is 35.5 Å². The Bertz CT molecular complexity index is 1280. The van der Waals surface area contributed by atoms with Crippen LogP contribution in [0.1, 0.15) is 15.9 Å². The molecule has 33 heavy (non-hydrogen) atoms. The predicted octanol–water partition coefficient (Wildman–Crippen LogP) is 4.77. The molecule has 4 aromatic rings. The molecule has 0 amide bonds. The first kappa shape index (κ1) is 22.0. The van der Waals surface area contributed by atoms with Crippen molar-refractivity contribution in [3.63, 3.8) is 0 Å². The van der Waals surface area contributed by atoms with Crippen LogP contribution in [-0.2, 0) is 0 Å². The number of aromatic nitrogens is 1. The number of ketones is 1. The molecule has 0 aliphatic rings. The van der Waals surface area contributed by atoms with Gasteiger partial charge in [-0.25, -0.2) is 0 Å². The van der Waals surface area contributed by atoms with Crippen LogP contribution in [0.2, 0.25) is 0 Å². The van der Waals surface area contributed by atoms with Crippen LogP contribution in [0, 0.1) is 0 Å². The summed E-state index contributed by atoms with van der Waals surface area (Å²) in [6, 6.07) is 13.9. The average molecular weight is 449 g/mol. The van der Waals surface area contributed by atoms with Gasteiger partial charge in [-0.2, -0.15) is 4.98 Å².